The van der Waals surface area contributed by atoms with Gasteiger partial charge in [-0.1, -0.05) is 37.9 Å². The summed E-state index contributed by atoms with van der Waals surface area (Å²) < 4.78 is 21.5. The first-order valence-electron chi connectivity index (χ1n) is 14.2. The first kappa shape index (κ1) is 32.8. The summed E-state index contributed by atoms with van der Waals surface area (Å²) in [5.74, 6) is -0.995. The highest BCUT2D eigenvalue weighted by molar-refractivity contribution is 5.89. The van der Waals surface area contributed by atoms with Crippen molar-refractivity contribution >= 4 is 28.9 Å². The number of rotatable bonds is 15. The molecule has 0 saturated heterocycles. The Morgan fingerprint density at radius 1 is 0.721 bits per heavy atom. The molecule has 0 N–H and O–H groups in total. The van der Waals surface area contributed by atoms with E-state index in [1.807, 2.05) is 12.1 Å². The Labute approximate surface area is 251 Å². The largest absolute Gasteiger partial charge is 0.462 e. The summed E-state index contributed by atoms with van der Waals surface area (Å²) in [6.07, 6.45) is 4.24. The number of fused-ring (bicyclic) bond motifs is 1. The van der Waals surface area contributed by atoms with Gasteiger partial charge in [-0.3, -0.25) is 0 Å². The molecule has 0 aliphatic carbocycles. The van der Waals surface area contributed by atoms with E-state index in [4.69, 9.17) is 18.6 Å². The van der Waals surface area contributed by atoms with Crippen LogP contribution >= 0.6 is 0 Å². The van der Waals surface area contributed by atoms with E-state index in [1.165, 1.54) is 0 Å². The molecule has 8 nitrogen and oxygen atoms in total. The topological polar surface area (TPSA) is 109 Å². The Balaban J connectivity index is 1.83. The third kappa shape index (κ3) is 9.67. The molecular weight excluding hydrogens is 548 g/mol. The molecule has 3 rings (SSSR count). The van der Waals surface area contributed by atoms with Gasteiger partial charge in [-0.2, -0.15) is 0 Å². The van der Waals surface area contributed by atoms with E-state index in [0.29, 0.717) is 65.9 Å². The Bertz CT molecular complexity index is 1590. The molecule has 3 aromatic rings. The number of hydrogen-bond donors (Lipinski definition) is 0. The molecule has 1 heterocycles. The molecule has 0 atom stereocenters. The minimum atomic E-state index is -0.527. The zero-order chi connectivity index (χ0) is 31.5. The van der Waals surface area contributed by atoms with Crippen molar-refractivity contribution in [3.05, 3.63) is 100 Å². The van der Waals surface area contributed by atoms with Gasteiger partial charge in [-0.25, -0.2) is 19.2 Å². The second kappa shape index (κ2) is 15.5. The van der Waals surface area contributed by atoms with Gasteiger partial charge in [0.25, 0.3) is 0 Å². The molecule has 2 aromatic carbocycles. The van der Waals surface area contributed by atoms with Crippen LogP contribution in [0.3, 0.4) is 0 Å². The molecule has 0 aliphatic heterocycles. The van der Waals surface area contributed by atoms with E-state index in [0.717, 1.165) is 29.4 Å². The zero-order valence-corrected chi connectivity index (χ0v) is 25.1. The maximum Gasteiger partial charge on any atom is 0.344 e. The molecule has 0 fully saturated rings. The molecule has 0 spiro atoms. The van der Waals surface area contributed by atoms with Crippen LogP contribution in [0.4, 0.5) is 0 Å². The Morgan fingerprint density at radius 3 is 1.84 bits per heavy atom. The van der Waals surface area contributed by atoms with E-state index in [9.17, 15) is 19.2 Å². The molecule has 8 heteroatoms. The summed E-state index contributed by atoms with van der Waals surface area (Å²) in [5.41, 5.74) is 4.02. The van der Waals surface area contributed by atoms with Crippen molar-refractivity contribution in [1.82, 2.24) is 0 Å². The van der Waals surface area contributed by atoms with Crippen LogP contribution in [0.15, 0.2) is 88.1 Å². The highest BCUT2D eigenvalue weighted by Crippen LogP contribution is 2.28. The van der Waals surface area contributed by atoms with E-state index >= 15 is 0 Å². The van der Waals surface area contributed by atoms with Crippen LogP contribution in [0.2, 0.25) is 0 Å². The van der Waals surface area contributed by atoms with Crippen LogP contribution < -0.4 is 10.4 Å². The second-order valence-corrected chi connectivity index (χ2v) is 10.6. The monoisotopic (exact) mass is 586 g/mol. The predicted molar refractivity (Wildman–Crippen MR) is 166 cm³/mol. The van der Waals surface area contributed by atoms with Gasteiger partial charge < -0.3 is 18.6 Å². The average Bonchev–Trinajstić information content (AvgIpc) is 2.96. The van der Waals surface area contributed by atoms with Crippen molar-refractivity contribution in [1.29, 1.82) is 0 Å². The highest BCUT2D eigenvalue weighted by Gasteiger charge is 2.14. The maximum absolute atomic E-state index is 13.1. The fourth-order valence-electron chi connectivity index (χ4n) is 4.23. The highest BCUT2D eigenvalue weighted by atomic mass is 16.5. The van der Waals surface area contributed by atoms with Gasteiger partial charge in [0, 0.05) is 22.1 Å². The summed E-state index contributed by atoms with van der Waals surface area (Å²) >= 11 is 0. The number of carbonyl (C=O) groups is 3. The van der Waals surface area contributed by atoms with Crippen LogP contribution in [0, 0.1) is 0 Å². The standard InChI is InChI=1S/C35H38O8/c1-22(2)32(36)40-17-9-7-11-25-19-27(12-8-10-18-41-33(37)23(3)4)29-21-30(35(39)43-31(29)20-25)26-13-15-28(16-14-26)42-34(38)24(5)6/h13-16,19-21H,1,3,5,7-12,17-18H2,2,4,6H3. The van der Waals surface area contributed by atoms with Crippen molar-refractivity contribution in [3.63, 3.8) is 0 Å². The molecule has 0 saturated carbocycles. The fraction of sp³-hybridized carbons (Fsp3) is 0.314. The number of unbranched alkanes of at least 4 members (excludes halogenated alkanes) is 2. The lowest BCUT2D eigenvalue weighted by atomic mass is 9.96. The minimum absolute atomic E-state index is 0.284. The quantitative estimate of drug-likeness (QED) is 0.0627. The summed E-state index contributed by atoms with van der Waals surface area (Å²) in [4.78, 5) is 48.2. The summed E-state index contributed by atoms with van der Waals surface area (Å²) in [5, 5.41) is 0.811. The van der Waals surface area contributed by atoms with Crippen molar-refractivity contribution in [3.8, 4) is 16.9 Å². The molecule has 0 amide bonds. The summed E-state index contributed by atoms with van der Waals surface area (Å²) in [6.45, 7) is 16.1. The van der Waals surface area contributed by atoms with E-state index in [2.05, 4.69) is 25.8 Å². The molecule has 1 aromatic heterocycles. The number of ether oxygens (including phenoxy) is 3. The number of esters is 3. The van der Waals surface area contributed by atoms with Crippen molar-refractivity contribution in [2.24, 2.45) is 0 Å². The first-order chi connectivity index (χ1) is 20.5. The third-order valence-corrected chi connectivity index (χ3v) is 6.59. The Hall–Kier alpha value is -4.72. The molecule has 43 heavy (non-hydrogen) atoms. The molecule has 0 aliphatic rings. The summed E-state index contributed by atoms with van der Waals surface area (Å²) in [7, 11) is 0. The molecule has 0 unspecified atom stereocenters. The van der Waals surface area contributed by atoms with Crippen molar-refractivity contribution in [2.45, 2.75) is 59.3 Å². The second-order valence-electron chi connectivity index (χ2n) is 10.6. The lowest BCUT2D eigenvalue weighted by molar-refractivity contribution is -0.139. The van der Waals surface area contributed by atoms with Crippen LogP contribution in [0.5, 0.6) is 5.75 Å². The number of carbonyl (C=O) groups excluding carboxylic acids is 3. The zero-order valence-electron chi connectivity index (χ0n) is 25.1. The first-order valence-corrected chi connectivity index (χ1v) is 14.2. The van der Waals surface area contributed by atoms with Gasteiger partial charge in [-0.05, 0) is 100 Å². The Morgan fingerprint density at radius 2 is 1.28 bits per heavy atom. The molecule has 0 bridgehead atoms. The van der Waals surface area contributed by atoms with Gasteiger partial charge in [0.2, 0.25) is 0 Å². The number of benzene rings is 2. The lowest BCUT2D eigenvalue weighted by Crippen LogP contribution is -2.08. The van der Waals surface area contributed by atoms with Gasteiger partial charge in [0.15, 0.2) is 0 Å². The summed E-state index contributed by atoms with van der Waals surface area (Å²) in [6, 6.07) is 12.4. The normalized spacial score (nSPS) is 10.7. The van der Waals surface area contributed by atoms with E-state index in [-0.39, 0.29) is 12.2 Å². The van der Waals surface area contributed by atoms with Crippen LogP contribution in [-0.2, 0) is 36.7 Å². The third-order valence-electron chi connectivity index (χ3n) is 6.59. The van der Waals surface area contributed by atoms with Gasteiger partial charge in [-0.15, -0.1) is 0 Å². The van der Waals surface area contributed by atoms with Gasteiger partial charge in [0.1, 0.15) is 11.3 Å². The van der Waals surface area contributed by atoms with Crippen LogP contribution in [0.25, 0.3) is 22.1 Å². The van der Waals surface area contributed by atoms with Gasteiger partial charge >= 0.3 is 23.5 Å². The van der Waals surface area contributed by atoms with Crippen LogP contribution in [-0.4, -0.2) is 31.1 Å². The van der Waals surface area contributed by atoms with E-state index in [1.54, 1.807) is 45.0 Å². The fourth-order valence-corrected chi connectivity index (χ4v) is 4.23. The molecule has 0 radical (unpaired) electrons. The maximum atomic E-state index is 13.1. The number of hydrogen-bond acceptors (Lipinski definition) is 8. The molecular formula is C35H38O8. The smallest absolute Gasteiger partial charge is 0.344 e. The average molecular weight is 587 g/mol. The molecule has 226 valence electrons. The van der Waals surface area contributed by atoms with Crippen molar-refractivity contribution < 1.29 is 33.0 Å². The predicted octanol–water partition coefficient (Wildman–Crippen LogP) is 6.83. The van der Waals surface area contributed by atoms with Crippen molar-refractivity contribution in [2.75, 3.05) is 13.2 Å². The van der Waals surface area contributed by atoms with E-state index < -0.39 is 23.5 Å². The lowest BCUT2D eigenvalue weighted by Gasteiger charge is -2.12. The minimum Gasteiger partial charge on any atom is -0.462 e. The van der Waals surface area contributed by atoms with Gasteiger partial charge in [0.05, 0.1) is 18.8 Å². The SMILES string of the molecule is C=C(C)C(=O)OCCCCc1cc(CCCCOC(=O)C(=C)C)c2cc(-c3ccc(OC(=O)C(=C)C)cc3)c(=O)oc2c1. The van der Waals surface area contributed by atoms with Crippen LogP contribution in [0.1, 0.15) is 57.6 Å². The Kier molecular flexibility index (Phi) is 11.8. The number of aryl methyl sites for hydroxylation is 2.